The van der Waals surface area contributed by atoms with Crippen LogP contribution < -0.4 is 21.3 Å². The molecule has 0 fully saturated rings. The average Bonchev–Trinajstić information content (AvgIpc) is 3.11. The summed E-state index contributed by atoms with van der Waals surface area (Å²) in [6.07, 6.45) is 0. The minimum Gasteiger partial charge on any atom is -0.439 e. The quantitative estimate of drug-likeness (QED) is 0.522. The number of halogens is 1. The summed E-state index contributed by atoms with van der Waals surface area (Å²) in [6, 6.07) is 5.95. The molecule has 2 aromatic heterocycles. The number of hydrogen-bond donors (Lipinski definition) is 3. The fourth-order valence-corrected chi connectivity index (χ4v) is 4.31. The topological polar surface area (TPSA) is 139 Å². The molecular formula is C19H13FN6O3. The Balaban J connectivity index is 2.04. The minimum absolute atomic E-state index is 0.0260. The monoisotopic (exact) mass is 392 g/mol. The molecule has 1 amide bonds. The number of nitriles is 1. The van der Waals surface area contributed by atoms with Crippen molar-refractivity contribution in [3.63, 3.8) is 0 Å². The Morgan fingerprint density at radius 1 is 1.38 bits per heavy atom. The number of H-pyrrole nitrogens is 1. The van der Waals surface area contributed by atoms with Gasteiger partial charge in [0.25, 0.3) is 5.56 Å². The van der Waals surface area contributed by atoms with Gasteiger partial charge in [0, 0.05) is 12.6 Å². The summed E-state index contributed by atoms with van der Waals surface area (Å²) in [6.45, 7) is 1.71. The number of amides is 1. The Bertz CT molecular complexity index is 1410. The lowest BCUT2D eigenvalue weighted by molar-refractivity contribution is -0.118. The van der Waals surface area contributed by atoms with Crippen molar-refractivity contribution < 1.29 is 13.9 Å². The third kappa shape index (κ3) is 1.79. The number of benzene rings is 1. The van der Waals surface area contributed by atoms with Gasteiger partial charge in [-0.15, -0.1) is 0 Å². The van der Waals surface area contributed by atoms with Crippen LogP contribution in [0.4, 0.5) is 10.1 Å². The van der Waals surface area contributed by atoms with Crippen LogP contribution >= 0.6 is 0 Å². The molecule has 0 saturated heterocycles. The normalized spacial score (nSPS) is 19.7. The summed E-state index contributed by atoms with van der Waals surface area (Å²) in [5.74, 6) is -1.75. The highest BCUT2D eigenvalue weighted by atomic mass is 19.1. The number of ether oxygens (including phenoxy) is 1. The molecule has 4 heterocycles. The number of hydrogen-bond acceptors (Lipinski definition) is 6. The molecule has 1 aromatic carbocycles. The molecule has 2 aliphatic heterocycles. The van der Waals surface area contributed by atoms with E-state index in [4.69, 9.17) is 10.5 Å². The highest BCUT2D eigenvalue weighted by molar-refractivity contribution is 6.13. The highest BCUT2D eigenvalue weighted by Gasteiger charge is 2.59. The Labute approximate surface area is 162 Å². The Hall–Kier alpha value is -4.13. The molecule has 2 aliphatic rings. The van der Waals surface area contributed by atoms with E-state index in [0.717, 1.165) is 0 Å². The number of aromatic amines is 1. The third-order valence-electron chi connectivity index (χ3n) is 5.45. The highest BCUT2D eigenvalue weighted by Crippen LogP contribution is 2.53. The predicted molar refractivity (Wildman–Crippen MR) is 99.3 cm³/mol. The van der Waals surface area contributed by atoms with Gasteiger partial charge in [-0.2, -0.15) is 10.4 Å². The van der Waals surface area contributed by atoms with E-state index >= 15 is 0 Å². The number of carbonyl (C=O) groups is 1. The number of para-hydroxylation sites is 1. The van der Waals surface area contributed by atoms with Gasteiger partial charge in [0.2, 0.25) is 11.8 Å². The SMILES string of the molecule is Cc1nn(C)c2[nH]c(=O)c3c(c12)OC(N)=C(C#N)C31C(=O)Nc2c(F)cccc21. The molecule has 10 heteroatoms. The molecule has 144 valence electrons. The van der Waals surface area contributed by atoms with Crippen molar-refractivity contribution in [2.75, 3.05) is 5.32 Å². The van der Waals surface area contributed by atoms with Gasteiger partial charge in [-0.25, -0.2) is 4.39 Å². The first-order valence-electron chi connectivity index (χ1n) is 8.61. The first-order valence-corrected chi connectivity index (χ1v) is 8.61. The van der Waals surface area contributed by atoms with E-state index in [1.807, 2.05) is 6.07 Å². The summed E-state index contributed by atoms with van der Waals surface area (Å²) < 4.78 is 21.6. The molecule has 1 atom stereocenters. The number of rotatable bonds is 0. The van der Waals surface area contributed by atoms with Gasteiger partial charge in [0.15, 0.2) is 11.2 Å². The maximum absolute atomic E-state index is 14.5. The molecule has 3 aromatic rings. The summed E-state index contributed by atoms with van der Waals surface area (Å²) in [5, 5.41) is 17.0. The number of pyridine rings is 1. The lowest BCUT2D eigenvalue weighted by atomic mass is 9.69. The van der Waals surface area contributed by atoms with Crippen LogP contribution in [-0.4, -0.2) is 20.7 Å². The third-order valence-corrected chi connectivity index (χ3v) is 5.45. The van der Waals surface area contributed by atoms with Crippen LogP contribution in [-0.2, 0) is 17.3 Å². The standard InChI is InChI=1S/C19H13FN6O3/c1-7-11-14-12(17(27)24-16(11)26(2)25-7)19(9(6-21)15(22)29-14)8-4-3-5-10(20)13(8)23-18(19)28/h3-5H,22H2,1-2H3,(H,23,28)(H,24,27). The zero-order chi connectivity index (χ0) is 20.7. The van der Waals surface area contributed by atoms with E-state index in [1.54, 1.807) is 14.0 Å². The molecule has 1 spiro atoms. The Kier molecular flexibility index (Phi) is 3.06. The van der Waals surface area contributed by atoms with Crippen molar-refractivity contribution in [3.05, 3.63) is 62.6 Å². The zero-order valence-electron chi connectivity index (χ0n) is 15.3. The van der Waals surface area contributed by atoms with Gasteiger partial charge in [0.05, 0.1) is 22.3 Å². The van der Waals surface area contributed by atoms with Gasteiger partial charge in [0.1, 0.15) is 23.1 Å². The van der Waals surface area contributed by atoms with Crippen molar-refractivity contribution in [3.8, 4) is 11.8 Å². The van der Waals surface area contributed by atoms with E-state index in [0.29, 0.717) is 16.7 Å². The maximum atomic E-state index is 14.5. The van der Waals surface area contributed by atoms with E-state index in [-0.39, 0.29) is 34.0 Å². The number of aromatic nitrogens is 3. The van der Waals surface area contributed by atoms with E-state index in [2.05, 4.69) is 15.4 Å². The van der Waals surface area contributed by atoms with Crippen molar-refractivity contribution in [1.82, 2.24) is 14.8 Å². The van der Waals surface area contributed by atoms with Gasteiger partial charge in [-0.1, -0.05) is 12.1 Å². The molecule has 0 bridgehead atoms. The molecule has 1 unspecified atom stereocenters. The van der Waals surface area contributed by atoms with E-state index < -0.39 is 22.7 Å². The molecule has 4 N–H and O–H groups in total. The van der Waals surface area contributed by atoms with Crippen molar-refractivity contribution in [1.29, 1.82) is 5.26 Å². The molecule has 0 saturated carbocycles. The van der Waals surface area contributed by atoms with Crippen LogP contribution in [0.2, 0.25) is 0 Å². The van der Waals surface area contributed by atoms with Gasteiger partial charge in [-0.05, 0) is 13.0 Å². The van der Waals surface area contributed by atoms with Crippen LogP contribution in [0.5, 0.6) is 5.75 Å². The lowest BCUT2D eigenvalue weighted by Gasteiger charge is -2.33. The molecule has 29 heavy (non-hydrogen) atoms. The van der Waals surface area contributed by atoms with Gasteiger partial charge >= 0.3 is 0 Å². The second-order valence-corrected chi connectivity index (χ2v) is 6.91. The molecule has 0 aliphatic carbocycles. The average molecular weight is 392 g/mol. The smallest absolute Gasteiger partial charge is 0.258 e. The summed E-state index contributed by atoms with van der Waals surface area (Å²) in [7, 11) is 1.64. The fraction of sp³-hybridized carbons (Fsp3) is 0.158. The largest absolute Gasteiger partial charge is 0.439 e. The molecule has 5 rings (SSSR count). The molecule has 9 nitrogen and oxygen atoms in total. The number of nitrogens with one attached hydrogen (secondary N) is 2. The van der Waals surface area contributed by atoms with Crippen LogP contribution in [0.25, 0.3) is 11.0 Å². The first-order chi connectivity index (χ1) is 13.8. The summed E-state index contributed by atoms with van der Waals surface area (Å²) in [4.78, 5) is 29.2. The summed E-state index contributed by atoms with van der Waals surface area (Å²) >= 11 is 0. The van der Waals surface area contributed by atoms with Gasteiger partial charge < -0.3 is 20.8 Å². The second kappa shape index (κ2) is 5.23. The van der Waals surface area contributed by atoms with Crippen LogP contribution in [0.15, 0.2) is 34.4 Å². The lowest BCUT2D eigenvalue weighted by Crippen LogP contribution is -2.46. The molecule has 0 radical (unpaired) electrons. The number of nitrogens with two attached hydrogens (primary N) is 1. The van der Waals surface area contributed by atoms with Crippen LogP contribution in [0.1, 0.15) is 16.8 Å². The fourth-order valence-electron chi connectivity index (χ4n) is 4.31. The summed E-state index contributed by atoms with van der Waals surface area (Å²) in [5.41, 5.74) is 3.94. The van der Waals surface area contributed by atoms with Crippen molar-refractivity contribution in [2.24, 2.45) is 12.8 Å². The number of aryl methyl sites for hydroxylation is 2. The number of nitrogens with zero attached hydrogens (tertiary/aromatic N) is 3. The van der Waals surface area contributed by atoms with Crippen LogP contribution in [0.3, 0.4) is 0 Å². The van der Waals surface area contributed by atoms with Crippen LogP contribution in [0, 0.1) is 24.1 Å². The second-order valence-electron chi connectivity index (χ2n) is 6.91. The number of carbonyl (C=O) groups excluding carboxylic acids is 1. The van der Waals surface area contributed by atoms with Crippen molar-refractivity contribution >= 4 is 22.6 Å². The number of anilines is 1. The van der Waals surface area contributed by atoms with Gasteiger partial charge in [-0.3, -0.25) is 14.3 Å². The predicted octanol–water partition coefficient (Wildman–Crippen LogP) is 1.03. The van der Waals surface area contributed by atoms with E-state index in [9.17, 15) is 19.2 Å². The number of fused-ring (bicyclic) bond motifs is 6. The van der Waals surface area contributed by atoms with Crippen molar-refractivity contribution in [2.45, 2.75) is 12.3 Å². The Morgan fingerprint density at radius 3 is 2.86 bits per heavy atom. The molecular weight excluding hydrogens is 379 g/mol. The van der Waals surface area contributed by atoms with E-state index in [1.165, 1.54) is 22.9 Å². The first kappa shape index (κ1) is 17.0. The maximum Gasteiger partial charge on any atom is 0.258 e. The Morgan fingerprint density at radius 2 is 2.14 bits per heavy atom. The zero-order valence-corrected chi connectivity index (χ0v) is 15.3. The minimum atomic E-state index is -1.94.